The van der Waals surface area contributed by atoms with Crippen molar-refractivity contribution in [1.82, 2.24) is 4.90 Å². The molecule has 0 aliphatic heterocycles. The predicted molar refractivity (Wildman–Crippen MR) is 53.6 cm³/mol. The van der Waals surface area contributed by atoms with E-state index in [-0.39, 0.29) is 13.2 Å². The highest BCUT2D eigenvalue weighted by Crippen LogP contribution is 2.06. The molecule has 0 bridgehead atoms. The molecule has 0 aliphatic carbocycles. The average molecular weight is 209 g/mol. The normalized spacial score (nSPS) is 12.0. The summed E-state index contributed by atoms with van der Waals surface area (Å²) in [5, 5.41) is 8.67. The van der Waals surface area contributed by atoms with Gasteiger partial charge >= 0.3 is 0 Å². The van der Waals surface area contributed by atoms with Crippen molar-refractivity contribution in [1.29, 1.82) is 0 Å². The van der Waals surface area contributed by atoms with Crippen LogP contribution in [-0.4, -0.2) is 42.7 Å². The maximum atomic E-state index is 12.1. The summed E-state index contributed by atoms with van der Waals surface area (Å²) in [6.07, 6.45) is -0.337. The number of aliphatic hydroxyl groups is 1. The Hall–Kier alpha value is -0.220. The lowest BCUT2D eigenvalue weighted by Crippen LogP contribution is -2.32. The van der Waals surface area contributed by atoms with E-state index in [0.29, 0.717) is 19.0 Å². The van der Waals surface area contributed by atoms with Crippen LogP contribution in [0.5, 0.6) is 0 Å². The van der Waals surface area contributed by atoms with Crippen LogP contribution in [0.1, 0.15) is 26.7 Å². The molecular formula is C10H21F2NO. The molecule has 0 unspecified atom stereocenters. The second kappa shape index (κ2) is 8.12. The monoisotopic (exact) mass is 209 g/mol. The lowest BCUT2D eigenvalue weighted by atomic mass is 10.1. The molecule has 1 N–H and O–H groups in total. The molecule has 0 rings (SSSR count). The first kappa shape index (κ1) is 13.8. The SMILES string of the molecule is CC(C)CCCN(CCO)CC(F)F. The summed E-state index contributed by atoms with van der Waals surface area (Å²) in [4.78, 5) is 1.62. The fraction of sp³-hybridized carbons (Fsp3) is 1.00. The fourth-order valence-electron chi connectivity index (χ4n) is 1.35. The molecule has 4 heteroatoms. The van der Waals surface area contributed by atoms with Crippen molar-refractivity contribution in [2.24, 2.45) is 5.92 Å². The van der Waals surface area contributed by atoms with Gasteiger partial charge in [0.25, 0.3) is 6.43 Å². The van der Waals surface area contributed by atoms with E-state index in [4.69, 9.17) is 5.11 Å². The van der Waals surface area contributed by atoms with Crippen molar-refractivity contribution in [2.75, 3.05) is 26.2 Å². The molecule has 0 aromatic rings. The Morgan fingerprint density at radius 1 is 1.21 bits per heavy atom. The van der Waals surface area contributed by atoms with Gasteiger partial charge in [-0.1, -0.05) is 13.8 Å². The third kappa shape index (κ3) is 8.38. The molecule has 0 aromatic heterocycles. The van der Waals surface area contributed by atoms with E-state index in [2.05, 4.69) is 13.8 Å². The summed E-state index contributed by atoms with van der Waals surface area (Å²) in [6.45, 7) is 4.96. The summed E-state index contributed by atoms with van der Waals surface area (Å²) in [6, 6.07) is 0. The first-order chi connectivity index (χ1) is 6.56. The molecule has 14 heavy (non-hydrogen) atoms. The second-order valence-electron chi connectivity index (χ2n) is 3.95. The van der Waals surface area contributed by atoms with Gasteiger partial charge in [-0.15, -0.1) is 0 Å². The molecule has 0 aliphatic rings. The van der Waals surface area contributed by atoms with Crippen molar-refractivity contribution >= 4 is 0 Å². The van der Waals surface area contributed by atoms with Gasteiger partial charge in [-0.3, -0.25) is 4.90 Å². The minimum atomic E-state index is -2.31. The van der Waals surface area contributed by atoms with Crippen LogP contribution < -0.4 is 0 Å². The second-order valence-corrected chi connectivity index (χ2v) is 3.95. The quantitative estimate of drug-likeness (QED) is 0.660. The number of halogens is 2. The van der Waals surface area contributed by atoms with Crippen LogP contribution >= 0.6 is 0 Å². The van der Waals surface area contributed by atoms with Crippen molar-refractivity contribution in [2.45, 2.75) is 33.1 Å². The number of nitrogens with zero attached hydrogens (tertiary/aromatic N) is 1. The molecule has 0 amide bonds. The minimum Gasteiger partial charge on any atom is -0.395 e. The molecule has 86 valence electrons. The molecule has 0 fully saturated rings. The number of rotatable bonds is 8. The lowest BCUT2D eigenvalue weighted by Gasteiger charge is -2.20. The average Bonchev–Trinajstić information content (AvgIpc) is 2.02. The number of alkyl halides is 2. The standard InChI is InChI=1S/C10H21F2NO/c1-9(2)4-3-5-13(6-7-14)8-10(11)12/h9-10,14H,3-8H2,1-2H3. The Kier molecular flexibility index (Phi) is 7.99. The van der Waals surface area contributed by atoms with Gasteiger partial charge in [0, 0.05) is 6.54 Å². The van der Waals surface area contributed by atoms with E-state index in [0.717, 1.165) is 12.8 Å². The summed E-state index contributed by atoms with van der Waals surface area (Å²) >= 11 is 0. The number of hydrogen-bond donors (Lipinski definition) is 1. The van der Waals surface area contributed by atoms with E-state index in [1.54, 1.807) is 4.90 Å². The van der Waals surface area contributed by atoms with Gasteiger partial charge < -0.3 is 5.11 Å². The van der Waals surface area contributed by atoms with Crippen molar-refractivity contribution in [3.8, 4) is 0 Å². The number of hydrogen-bond acceptors (Lipinski definition) is 2. The molecule has 0 heterocycles. The van der Waals surface area contributed by atoms with Crippen LogP contribution in [0.25, 0.3) is 0 Å². The van der Waals surface area contributed by atoms with Crippen LogP contribution in [-0.2, 0) is 0 Å². The Morgan fingerprint density at radius 3 is 2.29 bits per heavy atom. The van der Waals surface area contributed by atoms with Gasteiger partial charge in [-0.2, -0.15) is 0 Å². The van der Waals surface area contributed by atoms with Crippen LogP contribution in [0.15, 0.2) is 0 Å². The highest BCUT2D eigenvalue weighted by molar-refractivity contribution is 4.59. The largest absolute Gasteiger partial charge is 0.395 e. The van der Waals surface area contributed by atoms with Crippen molar-refractivity contribution < 1.29 is 13.9 Å². The van der Waals surface area contributed by atoms with E-state index >= 15 is 0 Å². The lowest BCUT2D eigenvalue weighted by molar-refractivity contribution is 0.0770. The molecule has 0 atom stereocenters. The van der Waals surface area contributed by atoms with Crippen LogP contribution in [0.2, 0.25) is 0 Å². The van der Waals surface area contributed by atoms with E-state index in [1.807, 2.05) is 0 Å². The third-order valence-corrected chi connectivity index (χ3v) is 2.07. The molecule has 0 spiro atoms. The zero-order valence-electron chi connectivity index (χ0n) is 9.05. The zero-order valence-corrected chi connectivity index (χ0v) is 9.05. The summed E-state index contributed by atoms with van der Waals surface area (Å²) in [7, 11) is 0. The van der Waals surface area contributed by atoms with E-state index in [9.17, 15) is 8.78 Å². The third-order valence-electron chi connectivity index (χ3n) is 2.07. The highest BCUT2D eigenvalue weighted by atomic mass is 19.3. The van der Waals surface area contributed by atoms with E-state index < -0.39 is 6.43 Å². The molecule has 0 saturated carbocycles. The van der Waals surface area contributed by atoms with Gasteiger partial charge in [0.1, 0.15) is 0 Å². The van der Waals surface area contributed by atoms with Gasteiger partial charge in [0.2, 0.25) is 0 Å². The Bertz CT molecular complexity index is 131. The van der Waals surface area contributed by atoms with Gasteiger partial charge in [0.15, 0.2) is 0 Å². The summed E-state index contributed by atoms with van der Waals surface area (Å²) < 4.78 is 24.1. The van der Waals surface area contributed by atoms with Gasteiger partial charge in [0.05, 0.1) is 13.2 Å². The maximum absolute atomic E-state index is 12.1. The number of aliphatic hydroxyl groups excluding tert-OH is 1. The highest BCUT2D eigenvalue weighted by Gasteiger charge is 2.10. The van der Waals surface area contributed by atoms with Crippen LogP contribution in [0.4, 0.5) is 8.78 Å². The van der Waals surface area contributed by atoms with Crippen molar-refractivity contribution in [3.05, 3.63) is 0 Å². The smallest absolute Gasteiger partial charge is 0.251 e. The molecule has 0 aromatic carbocycles. The van der Waals surface area contributed by atoms with Gasteiger partial charge in [-0.25, -0.2) is 8.78 Å². The first-order valence-corrected chi connectivity index (χ1v) is 5.17. The molecule has 0 saturated heterocycles. The molecule has 0 radical (unpaired) electrons. The van der Waals surface area contributed by atoms with Crippen molar-refractivity contribution in [3.63, 3.8) is 0 Å². The Balaban J connectivity index is 3.61. The molecule has 2 nitrogen and oxygen atoms in total. The Morgan fingerprint density at radius 2 is 1.86 bits per heavy atom. The predicted octanol–water partition coefficient (Wildman–Crippen LogP) is 1.98. The first-order valence-electron chi connectivity index (χ1n) is 5.17. The summed E-state index contributed by atoms with van der Waals surface area (Å²) in [5.41, 5.74) is 0. The molecular weight excluding hydrogens is 188 g/mol. The fourth-order valence-corrected chi connectivity index (χ4v) is 1.35. The van der Waals surface area contributed by atoms with Gasteiger partial charge in [-0.05, 0) is 25.3 Å². The maximum Gasteiger partial charge on any atom is 0.251 e. The van der Waals surface area contributed by atoms with Crippen LogP contribution in [0, 0.1) is 5.92 Å². The topological polar surface area (TPSA) is 23.5 Å². The van der Waals surface area contributed by atoms with E-state index in [1.165, 1.54) is 0 Å². The minimum absolute atomic E-state index is 0.0472. The van der Waals surface area contributed by atoms with Crippen LogP contribution in [0.3, 0.4) is 0 Å². The Labute approximate surface area is 84.9 Å². The zero-order chi connectivity index (χ0) is 11.0. The summed E-state index contributed by atoms with van der Waals surface area (Å²) in [5.74, 6) is 0.609.